The number of aromatic nitrogens is 1. The molecule has 3 aromatic rings. The van der Waals surface area contributed by atoms with Gasteiger partial charge in [-0.3, -0.25) is 9.59 Å². The molecule has 0 saturated carbocycles. The smallest absolute Gasteiger partial charge is 0.255 e. The van der Waals surface area contributed by atoms with E-state index < -0.39 is 5.92 Å². The molecule has 5 nitrogen and oxygen atoms in total. The fraction of sp³-hybridized carbons (Fsp3) is 0.179. The van der Waals surface area contributed by atoms with E-state index in [-0.39, 0.29) is 17.6 Å². The summed E-state index contributed by atoms with van der Waals surface area (Å²) in [6.07, 6.45) is 2.74. The lowest BCUT2D eigenvalue weighted by Gasteiger charge is -2.37. The summed E-state index contributed by atoms with van der Waals surface area (Å²) in [7, 11) is 0. The van der Waals surface area contributed by atoms with Crippen molar-refractivity contribution < 1.29 is 9.59 Å². The van der Waals surface area contributed by atoms with Gasteiger partial charge in [-0.2, -0.15) is 0 Å². The Bertz CT molecular complexity index is 1300. The van der Waals surface area contributed by atoms with Gasteiger partial charge in [0.2, 0.25) is 0 Å². The van der Waals surface area contributed by atoms with Crippen molar-refractivity contribution in [1.29, 1.82) is 0 Å². The van der Waals surface area contributed by atoms with E-state index in [0.29, 0.717) is 34.8 Å². The molecule has 0 fully saturated rings. The maximum atomic E-state index is 13.6. The Morgan fingerprint density at radius 2 is 1.71 bits per heavy atom. The van der Waals surface area contributed by atoms with E-state index in [4.69, 9.17) is 11.6 Å². The number of hydrogen-bond acceptors (Lipinski definition) is 4. The molecule has 2 N–H and O–H groups in total. The predicted molar refractivity (Wildman–Crippen MR) is 133 cm³/mol. The number of allylic oxidation sites excluding steroid dienone is 3. The van der Waals surface area contributed by atoms with Gasteiger partial charge in [-0.05, 0) is 54.7 Å². The molecule has 1 aliphatic carbocycles. The highest BCUT2D eigenvalue weighted by molar-refractivity contribution is 6.30. The van der Waals surface area contributed by atoms with Gasteiger partial charge < -0.3 is 10.6 Å². The summed E-state index contributed by atoms with van der Waals surface area (Å²) in [5, 5.41) is 6.90. The molecule has 2 aliphatic rings. The van der Waals surface area contributed by atoms with Gasteiger partial charge in [0.15, 0.2) is 5.78 Å². The van der Waals surface area contributed by atoms with Gasteiger partial charge in [-0.15, -0.1) is 0 Å². The summed E-state index contributed by atoms with van der Waals surface area (Å²) < 4.78 is 0. The number of amides is 1. The number of ketones is 1. The second-order valence-corrected chi connectivity index (χ2v) is 9.09. The van der Waals surface area contributed by atoms with Gasteiger partial charge in [0.1, 0.15) is 5.82 Å². The molecule has 0 spiro atoms. The first kappa shape index (κ1) is 22.1. The molecule has 34 heavy (non-hydrogen) atoms. The van der Waals surface area contributed by atoms with Crippen LogP contribution in [0.1, 0.15) is 42.7 Å². The second-order valence-electron chi connectivity index (χ2n) is 8.65. The standard InChI is InChI=1S/C28H24ClN3O2/c1-17-25(28(34)32-24-9-5-6-14-30-24)26(19-10-12-21(29)13-11-19)27-22(31-17)15-20(16-23(27)33)18-7-3-2-4-8-18/h2-14,20,26,31H,15-16H2,1H3,(H,30,32,34)/t20-,26-/m1/s1. The Kier molecular flexibility index (Phi) is 6.03. The number of rotatable bonds is 4. The highest BCUT2D eigenvalue weighted by atomic mass is 35.5. The van der Waals surface area contributed by atoms with Gasteiger partial charge >= 0.3 is 0 Å². The number of dihydropyridines is 1. The molecule has 0 saturated heterocycles. The number of hydrogen-bond donors (Lipinski definition) is 2. The van der Waals surface area contributed by atoms with Crippen molar-refractivity contribution in [3.05, 3.63) is 118 Å². The van der Waals surface area contributed by atoms with Gasteiger partial charge in [0.25, 0.3) is 5.91 Å². The minimum Gasteiger partial charge on any atom is -0.362 e. The summed E-state index contributed by atoms with van der Waals surface area (Å²) >= 11 is 6.15. The number of nitrogens with one attached hydrogen (secondary N) is 2. The summed E-state index contributed by atoms with van der Waals surface area (Å²) in [6.45, 7) is 1.89. The lowest BCUT2D eigenvalue weighted by molar-refractivity contribution is -0.116. The number of carbonyl (C=O) groups excluding carboxylic acids is 2. The zero-order valence-electron chi connectivity index (χ0n) is 18.7. The van der Waals surface area contributed by atoms with E-state index in [9.17, 15) is 9.59 Å². The Morgan fingerprint density at radius 1 is 0.971 bits per heavy atom. The lowest BCUT2D eigenvalue weighted by Crippen LogP contribution is -2.37. The number of nitrogens with zero attached hydrogens (tertiary/aromatic N) is 1. The quantitative estimate of drug-likeness (QED) is 0.511. The number of pyridine rings is 1. The molecule has 1 amide bonds. The Balaban J connectivity index is 1.56. The van der Waals surface area contributed by atoms with Crippen molar-refractivity contribution in [1.82, 2.24) is 10.3 Å². The van der Waals surface area contributed by atoms with E-state index in [1.165, 1.54) is 0 Å². The first-order chi connectivity index (χ1) is 16.5. The molecule has 5 rings (SSSR count). The largest absolute Gasteiger partial charge is 0.362 e. The molecule has 170 valence electrons. The molecule has 0 radical (unpaired) electrons. The van der Waals surface area contributed by atoms with Crippen LogP contribution in [-0.2, 0) is 9.59 Å². The molecule has 1 aromatic heterocycles. The third-order valence-electron chi connectivity index (χ3n) is 6.45. The maximum Gasteiger partial charge on any atom is 0.255 e. The van der Waals surface area contributed by atoms with Crippen LogP contribution in [0.15, 0.2) is 102 Å². The number of benzene rings is 2. The number of carbonyl (C=O) groups is 2. The van der Waals surface area contributed by atoms with Crippen molar-refractivity contribution in [2.75, 3.05) is 5.32 Å². The summed E-state index contributed by atoms with van der Waals surface area (Å²) in [5.41, 5.74) is 4.79. The minimum atomic E-state index is -0.485. The lowest BCUT2D eigenvalue weighted by atomic mass is 9.71. The van der Waals surface area contributed by atoms with Crippen molar-refractivity contribution in [3.8, 4) is 0 Å². The Hall–Kier alpha value is -3.70. The molecular formula is C28H24ClN3O2. The molecule has 2 aromatic carbocycles. The molecule has 0 unspecified atom stereocenters. The zero-order valence-corrected chi connectivity index (χ0v) is 19.5. The van der Waals surface area contributed by atoms with Crippen molar-refractivity contribution in [2.24, 2.45) is 0 Å². The van der Waals surface area contributed by atoms with Crippen molar-refractivity contribution >= 4 is 29.1 Å². The van der Waals surface area contributed by atoms with E-state index >= 15 is 0 Å². The summed E-state index contributed by atoms with van der Waals surface area (Å²) in [6, 6.07) is 22.8. The summed E-state index contributed by atoms with van der Waals surface area (Å²) in [4.78, 5) is 31.3. The molecule has 2 atom stereocenters. The van der Waals surface area contributed by atoms with Crippen LogP contribution in [0.5, 0.6) is 0 Å². The molecular weight excluding hydrogens is 446 g/mol. The van der Waals surface area contributed by atoms with E-state index in [1.807, 2.05) is 43.3 Å². The van der Waals surface area contributed by atoms with Crippen LogP contribution in [0, 0.1) is 0 Å². The molecule has 2 heterocycles. The van der Waals surface area contributed by atoms with Crippen LogP contribution in [0.4, 0.5) is 5.82 Å². The Labute approximate surface area is 203 Å². The average Bonchev–Trinajstić information content (AvgIpc) is 2.84. The molecule has 0 bridgehead atoms. The van der Waals surface area contributed by atoms with Gasteiger partial charge in [0.05, 0.1) is 0 Å². The van der Waals surface area contributed by atoms with E-state index in [2.05, 4.69) is 27.8 Å². The Morgan fingerprint density at radius 3 is 2.41 bits per heavy atom. The predicted octanol–water partition coefficient (Wildman–Crippen LogP) is 5.74. The van der Waals surface area contributed by atoms with Gasteiger partial charge in [-0.25, -0.2) is 4.98 Å². The minimum absolute atomic E-state index is 0.0539. The SMILES string of the molecule is CC1=C(C(=O)Nc2ccccn2)[C@@H](c2ccc(Cl)cc2)C2=C(C[C@@H](c3ccccc3)CC2=O)N1. The topological polar surface area (TPSA) is 71.1 Å². The van der Waals surface area contributed by atoms with Gasteiger partial charge in [-0.1, -0.05) is 60.1 Å². The first-order valence-corrected chi connectivity index (χ1v) is 11.7. The normalized spacial score (nSPS) is 20.0. The second kappa shape index (κ2) is 9.27. The monoisotopic (exact) mass is 469 g/mol. The fourth-order valence-corrected chi connectivity index (χ4v) is 5.04. The van der Waals surface area contributed by atoms with Crippen LogP contribution in [-0.4, -0.2) is 16.7 Å². The van der Waals surface area contributed by atoms with E-state index in [1.54, 1.807) is 30.5 Å². The van der Waals surface area contributed by atoms with Gasteiger partial charge in [0, 0.05) is 46.1 Å². The first-order valence-electron chi connectivity index (χ1n) is 11.3. The number of halogens is 1. The van der Waals surface area contributed by atoms with Crippen molar-refractivity contribution in [2.45, 2.75) is 31.6 Å². The summed E-state index contributed by atoms with van der Waals surface area (Å²) in [5.74, 6) is -0.156. The zero-order chi connectivity index (χ0) is 23.7. The number of anilines is 1. The van der Waals surface area contributed by atoms with Crippen molar-refractivity contribution in [3.63, 3.8) is 0 Å². The van der Waals surface area contributed by atoms with Crippen LogP contribution in [0.3, 0.4) is 0 Å². The number of Topliss-reactive ketones (excluding diaryl/α,β-unsaturated/α-hetero) is 1. The fourth-order valence-electron chi connectivity index (χ4n) is 4.91. The molecule has 6 heteroatoms. The van der Waals surface area contributed by atoms with Crippen LogP contribution < -0.4 is 10.6 Å². The third-order valence-corrected chi connectivity index (χ3v) is 6.71. The van der Waals surface area contributed by atoms with Crippen LogP contribution in [0.2, 0.25) is 5.02 Å². The molecule has 1 aliphatic heterocycles. The third kappa shape index (κ3) is 4.27. The highest BCUT2D eigenvalue weighted by Gasteiger charge is 2.40. The maximum absolute atomic E-state index is 13.6. The van der Waals surface area contributed by atoms with E-state index in [0.717, 1.165) is 22.5 Å². The average molecular weight is 470 g/mol. The van der Waals surface area contributed by atoms with Crippen LogP contribution >= 0.6 is 11.6 Å². The van der Waals surface area contributed by atoms with Crippen LogP contribution in [0.25, 0.3) is 0 Å². The highest BCUT2D eigenvalue weighted by Crippen LogP contribution is 2.45.